The van der Waals surface area contributed by atoms with Gasteiger partial charge in [0.2, 0.25) is 0 Å². The van der Waals surface area contributed by atoms with Crippen LogP contribution in [0.25, 0.3) is 10.9 Å². The second-order valence-corrected chi connectivity index (χ2v) is 5.06. The van der Waals surface area contributed by atoms with Crippen molar-refractivity contribution >= 4 is 34.5 Å². The van der Waals surface area contributed by atoms with Crippen molar-refractivity contribution in [3.8, 4) is 0 Å². The van der Waals surface area contributed by atoms with E-state index in [1.54, 1.807) is 30.3 Å². The zero-order chi connectivity index (χ0) is 16.7. The van der Waals surface area contributed by atoms with Crippen LogP contribution in [0.3, 0.4) is 0 Å². The number of nitrogens with zero attached hydrogens (tertiary/aromatic N) is 3. The topological polar surface area (TPSA) is 137 Å². The molecule has 2 aromatic rings. The van der Waals surface area contributed by atoms with Gasteiger partial charge in [-0.05, 0) is 24.3 Å². The van der Waals surface area contributed by atoms with Crippen molar-refractivity contribution < 1.29 is 24.7 Å². The second kappa shape index (κ2) is 5.21. The van der Waals surface area contributed by atoms with E-state index in [0.29, 0.717) is 16.9 Å². The van der Waals surface area contributed by atoms with Gasteiger partial charge in [-0.1, -0.05) is 11.2 Å². The summed E-state index contributed by atoms with van der Waals surface area (Å²) in [5.41, 5.74) is 7.17. The molecule has 1 aromatic carbocycles. The molecule has 0 unspecified atom stereocenters. The number of nitrogens with two attached hydrogens (primary N) is 1. The Morgan fingerprint density at radius 1 is 1.30 bits per heavy atom. The SMILES string of the molecule is Nc1ccc2nc([C@H]3CC(=O)N(N(O)C(=O)O)C3=O)ccc2c1. The molecule has 0 bridgehead atoms. The normalized spacial score (nSPS) is 17.8. The van der Waals surface area contributed by atoms with Crippen LogP contribution < -0.4 is 5.73 Å². The van der Waals surface area contributed by atoms with Crippen LogP contribution in [0.2, 0.25) is 0 Å². The van der Waals surface area contributed by atoms with Crippen molar-refractivity contribution in [2.45, 2.75) is 12.3 Å². The Kier molecular flexibility index (Phi) is 3.34. The van der Waals surface area contributed by atoms with Crippen molar-refractivity contribution in [1.29, 1.82) is 0 Å². The molecule has 1 saturated heterocycles. The quantitative estimate of drug-likeness (QED) is 0.324. The van der Waals surface area contributed by atoms with Gasteiger partial charge in [-0.25, -0.2) is 4.79 Å². The van der Waals surface area contributed by atoms with E-state index >= 15 is 0 Å². The molecule has 0 aliphatic carbocycles. The summed E-state index contributed by atoms with van der Waals surface area (Å²) in [7, 11) is 0. The van der Waals surface area contributed by atoms with Crippen LogP contribution in [-0.4, -0.2) is 43.4 Å². The molecular weight excluding hydrogens is 304 g/mol. The van der Waals surface area contributed by atoms with Gasteiger partial charge in [0.05, 0.1) is 17.1 Å². The second-order valence-electron chi connectivity index (χ2n) is 5.06. The molecule has 0 radical (unpaired) electrons. The van der Waals surface area contributed by atoms with Crippen LogP contribution in [0.5, 0.6) is 0 Å². The number of carbonyl (C=O) groups excluding carboxylic acids is 2. The van der Waals surface area contributed by atoms with Crippen molar-refractivity contribution in [2.75, 3.05) is 5.73 Å². The highest BCUT2D eigenvalue weighted by atomic mass is 16.6. The largest absolute Gasteiger partial charge is 0.462 e. The minimum absolute atomic E-state index is 0.196. The molecule has 23 heavy (non-hydrogen) atoms. The van der Waals surface area contributed by atoms with Crippen LogP contribution in [0, 0.1) is 0 Å². The highest BCUT2D eigenvalue weighted by molar-refractivity contribution is 6.06. The summed E-state index contributed by atoms with van der Waals surface area (Å²) in [5.74, 6) is -2.61. The van der Waals surface area contributed by atoms with Crippen molar-refractivity contribution in [1.82, 2.24) is 15.2 Å². The molecule has 1 atom stereocenters. The number of imide groups is 1. The van der Waals surface area contributed by atoms with Gasteiger partial charge < -0.3 is 10.8 Å². The molecular formula is C14H12N4O5. The number of hydrogen-bond acceptors (Lipinski definition) is 6. The third kappa shape index (κ3) is 2.42. The molecule has 118 valence electrons. The Morgan fingerprint density at radius 2 is 2.04 bits per heavy atom. The number of hydrogen-bond donors (Lipinski definition) is 3. The number of pyridine rings is 1. The molecule has 9 nitrogen and oxygen atoms in total. The van der Waals surface area contributed by atoms with E-state index in [9.17, 15) is 19.6 Å². The lowest BCUT2D eigenvalue weighted by Crippen LogP contribution is -2.47. The molecule has 0 saturated carbocycles. The monoisotopic (exact) mass is 316 g/mol. The third-order valence-corrected chi connectivity index (χ3v) is 3.57. The highest BCUT2D eigenvalue weighted by Crippen LogP contribution is 2.30. The maximum Gasteiger partial charge on any atom is 0.452 e. The fourth-order valence-electron chi connectivity index (χ4n) is 2.49. The van der Waals surface area contributed by atoms with E-state index in [4.69, 9.17) is 10.8 Å². The summed E-state index contributed by atoms with van der Waals surface area (Å²) >= 11 is 0. The minimum atomic E-state index is -1.82. The first-order chi connectivity index (χ1) is 10.9. The molecule has 0 spiro atoms. The zero-order valence-electron chi connectivity index (χ0n) is 11.7. The number of amides is 3. The summed E-state index contributed by atoms with van der Waals surface area (Å²) < 4.78 is 0. The Morgan fingerprint density at radius 3 is 2.74 bits per heavy atom. The Labute approximate surface area is 129 Å². The number of aromatic nitrogens is 1. The number of carbonyl (C=O) groups is 3. The van der Waals surface area contributed by atoms with Gasteiger partial charge >= 0.3 is 6.09 Å². The lowest BCUT2D eigenvalue weighted by molar-refractivity contribution is -0.209. The maximum atomic E-state index is 12.2. The molecule has 9 heteroatoms. The summed E-state index contributed by atoms with van der Waals surface area (Å²) in [6.45, 7) is 0. The zero-order valence-corrected chi connectivity index (χ0v) is 11.7. The van der Waals surface area contributed by atoms with Gasteiger partial charge in [-0.3, -0.25) is 19.8 Å². The van der Waals surface area contributed by atoms with E-state index in [1.807, 2.05) is 0 Å². The smallest absolute Gasteiger partial charge is 0.452 e. The summed E-state index contributed by atoms with van der Waals surface area (Å²) in [6, 6.07) is 8.35. The number of nitrogen functional groups attached to an aromatic ring is 1. The lowest BCUT2D eigenvalue weighted by Gasteiger charge is -2.20. The number of anilines is 1. The molecule has 2 heterocycles. The van der Waals surface area contributed by atoms with Crippen LogP contribution in [0.4, 0.5) is 10.5 Å². The Bertz CT molecular complexity index is 837. The van der Waals surface area contributed by atoms with Gasteiger partial charge in [0, 0.05) is 17.5 Å². The van der Waals surface area contributed by atoms with Crippen molar-refractivity contribution in [3.63, 3.8) is 0 Å². The number of fused-ring (bicyclic) bond motifs is 1. The van der Waals surface area contributed by atoms with Crippen molar-refractivity contribution in [3.05, 3.63) is 36.0 Å². The van der Waals surface area contributed by atoms with E-state index < -0.39 is 29.0 Å². The van der Waals surface area contributed by atoms with E-state index in [-0.39, 0.29) is 11.4 Å². The molecule has 3 rings (SSSR count). The van der Waals surface area contributed by atoms with Crippen LogP contribution >= 0.6 is 0 Å². The first-order valence-corrected chi connectivity index (χ1v) is 6.63. The molecule has 3 amide bonds. The molecule has 1 aliphatic heterocycles. The first-order valence-electron chi connectivity index (χ1n) is 6.63. The van der Waals surface area contributed by atoms with Crippen molar-refractivity contribution in [2.24, 2.45) is 0 Å². The Balaban J connectivity index is 1.96. The van der Waals surface area contributed by atoms with Gasteiger partial charge in [-0.2, -0.15) is 5.01 Å². The fraction of sp³-hybridized carbons (Fsp3) is 0.143. The van der Waals surface area contributed by atoms with Gasteiger partial charge in [0.15, 0.2) is 0 Å². The molecule has 1 aliphatic rings. The average Bonchev–Trinajstić information content (AvgIpc) is 2.80. The predicted octanol–water partition coefficient (Wildman–Crippen LogP) is 0.944. The number of hydrazine groups is 1. The number of rotatable bonds is 2. The van der Waals surface area contributed by atoms with Crippen LogP contribution in [0.15, 0.2) is 30.3 Å². The fourth-order valence-corrected chi connectivity index (χ4v) is 2.49. The maximum absolute atomic E-state index is 12.2. The summed E-state index contributed by atoms with van der Waals surface area (Å²) in [6.07, 6.45) is -2.09. The summed E-state index contributed by atoms with van der Waals surface area (Å²) in [4.78, 5) is 39.1. The molecule has 1 fully saturated rings. The lowest BCUT2D eigenvalue weighted by atomic mass is 10.0. The van der Waals surface area contributed by atoms with Gasteiger partial charge in [-0.15, -0.1) is 0 Å². The van der Waals surface area contributed by atoms with E-state index in [0.717, 1.165) is 5.39 Å². The van der Waals surface area contributed by atoms with Crippen LogP contribution in [0.1, 0.15) is 18.0 Å². The minimum Gasteiger partial charge on any atom is -0.462 e. The van der Waals surface area contributed by atoms with E-state index in [2.05, 4.69) is 4.98 Å². The highest BCUT2D eigenvalue weighted by Gasteiger charge is 2.45. The summed E-state index contributed by atoms with van der Waals surface area (Å²) in [5, 5.41) is 18.6. The first kappa shape index (κ1) is 14.7. The Hall–Kier alpha value is -3.20. The van der Waals surface area contributed by atoms with Gasteiger partial charge in [0.1, 0.15) is 0 Å². The standard InChI is InChI=1S/C14H12N4O5/c15-8-2-4-10-7(5-8)1-3-11(16-10)9-6-12(19)17(13(9)20)18(23)14(21)22/h1-5,9,23H,6,15H2,(H,21,22)/t9-/m1/s1. The average molecular weight is 316 g/mol. The van der Waals surface area contributed by atoms with Crippen LogP contribution in [-0.2, 0) is 9.59 Å². The molecule has 4 N–H and O–H groups in total. The van der Waals surface area contributed by atoms with Gasteiger partial charge in [0.25, 0.3) is 11.8 Å². The predicted molar refractivity (Wildman–Crippen MR) is 77.0 cm³/mol. The third-order valence-electron chi connectivity index (χ3n) is 3.57. The molecule has 1 aromatic heterocycles. The number of hydroxylamine groups is 1. The van der Waals surface area contributed by atoms with E-state index in [1.165, 1.54) is 0 Å². The number of benzene rings is 1. The number of carboxylic acid groups (broad SMARTS) is 1.